The maximum absolute atomic E-state index is 13.4. The molecule has 0 unspecified atom stereocenters. The first-order chi connectivity index (χ1) is 13.9. The molecule has 0 saturated carbocycles. The maximum atomic E-state index is 13.4. The standard InChI is InChI=1S/C20H25FN8/c1-14(15-4-6-16(21)7-5-15)29(11-10-28(2)3)20-25-17(22)12-18(27-20)26-19-13-23-8-9-24-19/h4-9,12-14H,10-11H2,1-3H3,(H3,22,24,25,26,27)/t14-/m0/s1. The SMILES string of the molecule is C[C@@H](c1ccc(F)cc1)N(CCN(C)C)c1nc(N)cc(Nc2cnccn2)n1. The first-order valence-corrected chi connectivity index (χ1v) is 9.27. The maximum Gasteiger partial charge on any atom is 0.229 e. The lowest BCUT2D eigenvalue weighted by Gasteiger charge is -2.31. The van der Waals surface area contributed by atoms with E-state index in [4.69, 9.17) is 5.73 Å². The van der Waals surface area contributed by atoms with Crippen LogP contribution in [-0.2, 0) is 0 Å². The van der Waals surface area contributed by atoms with Gasteiger partial charge in [0.2, 0.25) is 5.95 Å². The number of nitrogen functional groups attached to an aromatic ring is 1. The van der Waals surface area contributed by atoms with E-state index in [0.717, 1.165) is 12.1 Å². The zero-order valence-electron chi connectivity index (χ0n) is 16.7. The number of nitrogens with zero attached hydrogens (tertiary/aromatic N) is 6. The highest BCUT2D eigenvalue weighted by Gasteiger charge is 2.20. The molecule has 0 fully saturated rings. The van der Waals surface area contributed by atoms with Gasteiger partial charge in [-0.1, -0.05) is 12.1 Å². The first kappa shape index (κ1) is 20.4. The summed E-state index contributed by atoms with van der Waals surface area (Å²) in [5.74, 6) is 1.63. The summed E-state index contributed by atoms with van der Waals surface area (Å²) in [4.78, 5) is 21.4. The zero-order chi connectivity index (χ0) is 20.8. The number of nitrogens with two attached hydrogens (primary N) is 1. The van der Waals surface area contributed by atoms with E-state index in [2.05, 4.69) is 30.2 Å². The smallest absolute Gasteiger partial charge is 0.229 e. The molecule has 8 nitrogen and oxygen atoms in total. The number of rotatable bonds is 8. The summed E-state index contributed by atoms with van der Waals surface area (Å²) in [5, 5.41) is 3.10. The Morgan fingerprint density at radius 3 is 2.48 bits per heavy atom. The van der Waals surface area contributed by atoms with Crippen molar-refractivity contribution in [3.05, 3.63) is 60.3 Å². The van der Waals surface area contributed by atoms with Gasteiger partial charge in [0.1, 0.15) is 23.3 Å². The van der Waals surface area contributed by atoms with Crippen LogP contribution in [0.2, 0.25) is 0 Å². The lowest BCUT2D eigenvalue weighted by atomic mass is 10.1. The molecular formula is C20H25FN8. The highest BCUT2D eigenvalue weighted by atomic mass is 19.1. The molecule has 1 atom stereocenters. The largest absolute Gasteiger partial charge is 0.383 e. The van der Waals surface area contributed by atoms with Crippen molar-refractivity contribution in [2.75, 3.05) is 43.1 Å². The molecule has 0 bridgehead atoms. The number of hydrogen-bond acceptors (Lipinski definition) is 8. The number of likely N-dealkylation sites (N-methyl/N-ethyl adjacent to an activating group) is 1. The molecule has 1 aromatic carbocycles. The number of nitrogens with one attached hydrogen (secondary N) is 1. The normalized spacial score (nSPS) is 12.0. The Morgan fingerprint density at radius 1 is 1.07 bits per heavy atom. The van der Waals surface area contributed by atoms with Crippen molar-refractivity contribution in [2.24, 2.45) is 0 Å². The van der Waals surface area contributed by atoms with Crippen LogP contribution < -0.4 is 16.0 Å². The Morgan fingerprint density at radius 2 is 1.83 bits per heavy atom. The lowest BCUT2D eigenvalue weighted by Crippen LogP contribution is -2.35. The molecule has 152 valence electrons. The highest BCUT2D eigenvalue weighted by Crippen LogP contribution is 2.27. The molecule has 0 aliphatic heterocycles. The molecule has 0 amide bonds. The molecule has 2 heterocycles. The minimum atomic E-state index is -0.267. The van der Waals surface area contributed by atoms with Gasteiger partial charge in [-0.15, -0.1) is 0 Å². The second-order valence-corrected chi connectivity index (χ2v) is 6.92. The fourth-order valence-electron chi connectivity index (χ4n) is 2.84. The van der Waals surface area contributed by atoms with E-state index in [-0.39, 0.29) is 11.9 Å². The van der Waals surface area contributed by atoms with Gasteiger partial charge in [-0.3, -0.25) is 4.98 Å². The van der Waals surface area contributed by atoms with Crippen molar-refractivity contribution >= 4 is 23.4 Å². The molecule has 0 saturated heterocycles. The summed E-state index contributed by atoms with van der Waals surface area (Å²) in [6.45, 7) is 3.49. The summed E-state index contributed by atoms with van der Waals surface area (Å²) in [6, 6.07) is 8.02. The minimum absolute atomic E-state index is 0.0817. The van der Waals surface area contributed by atoms with Crippen LogP contribution in [0.25, 0.3) is 0 Å². The van der Waals surface area contributed by atoms with Gasteiger partial charge in [0.15, 0.2) is 0 Å². The first-order valence-electron chi connectivity index (χ1n) is 9.27. The van der Waals surface area contributed by atoms with Crippen LogP contribution >= 0.6 is 0 Å². The van der Waals surface area contributed by atoms with Gasteiger partial charge in [0.05, 0.1) is 12.2 Å². The number of benzene rings is 1. The van der Waals surface area contributed by atoms with E-state index in [0.29, 0.717) is 29.9 Å². The Balaban J connectivity index is 1.92. The summed E-state index contributed by atoms with van der Waals surface area (Å²) < 4.78 is 13.4. The van der Waals surface area contributed by atoms with Crippen molar-refractivity contribution in [1.82, 2.24) is 24.8 Å². The predicted molar refractivity (Wildman–Crippen MR) is 112 cm³/mol. The van der Waals surface area contributed by atoms with E-state index < -0.39 is 0 Å². The van der Waals surface area contributed by atoms with Crippen LogP contribution in [0.5, 0.6) is 0 Å². The van der Waals surface area contributed by atoms with Gasteiger partial charge < -0.3 is 20.9 Å². The van der Waals surface area contributed by atoms with Crippen LogP contribution in [0, 0.1) is 5.82 Å². The molecule has 3 aromatic rings. The quantitative estimate of drug-likeness (QED) is 0.600. The molecule has 0 spiro atoms. The van der Waals surface area contributed by atoms with Gasteiger partial charge in [-0.05, 0) is 38.7 Å². The van der Waals surface area contributed by atoms with Crippen molar-refractivity contribution in [3.63, 3.8) is 0 Å². The lowest BCUT2D eigenvalue weighted by molar-refractivity contribution is 0.405. The molecule has 29 heavy (non-hydrogen) atoms. The van der Waals surface area contributed by atoms with Crippen molar-refractivity contribution in [3.8, 4) is 0 Å². The van der Waals surface area contributed by atoms with Crippen molar-refractivity contribution < 1.29 is 4.39 Å². The topological polar surface area (TPSA) is 96.1 Å². The van der Waals surface area contributed by atoms with E-state index in [1.807, 2.05) is 25.9 Å². The van der Waals surface area contributed by atoms with Crippen molar-refractivity contribution in [2.45, 2.75) is 13.0 Å². The Bertz CT molecular complexity index is 918. The third-order valence-electron chi connectivity index (χ3n) is 4.42. The predicted octanol–water partition coefficient (Wildman–Crippen LogP) is 2.86. The summed E-state index contributed by atoms with van der Waals surface area (Å²) in [7, 11) is 4.00. The van der Waals surface area contributed by atoms with Gasteiger partial charge in [-0.2, -0.15) is 9.97 Å². The number of halogens is 1. The Labute approximate surface area is 169 Å². The van der Waals surface area contributed by atoms with Crippen LogP contribution in [0.4, 0.5) is 27.8 Å². The van der Waals surface area contributed by atoms with Crippen LogP contribution in [0.1, 0.15) is 18.5 Å². The Hall–Kier alpha value is -3.33. The van der Waals surface area contributed by atoms with Gasteiger partial charge in [0.25, 0.3) is 0 Å². The van der Waals surface area contributed by atoms with Crippen molar-refractivity contribution in [1.29, 1.82) is 0 Å². The third-order valence-corrected chi connectivity index (χ3v) is 4.42. The van der Waals surface area contributed by atoms with Gasteiger partial charge in [0, 0.05) is 31.5 Å². The van der Waals surface area contributed by atoms with E-state index >= 15 is 0 Å². The zero-order valence-corrected chi connectivity index (χ0v) is 16.7. The fraction of sp³-hybridized carbons (Fsp3) is 0.300. The average Bonchev–Trinajstić information content (AvgIpc) is 2.68. The molecule has 3 rings (SSSR count). The average molecular weight is 396 g/mol. The van der Waals surface area contributed by atoms with E-state index in [9.17, 15) is 4.39 Å². The number of hydrogen-bond donors (Lipinski definition) is 2. The second kappa shape index (κ2) is 9.24. The Kier molecular flexibility index (Phi) is 6.50. The fourth-order valence-corrected chi connectivity index (χ4v) is 2.84. The van der Waals surface area contributed by atoms with E-state index in [1.54, 1.807) is 36.8 Å². The molecular weight excluding hydrogens is 371 g/mol. The second-order valence-electron chi connectivity index (χ2n) is 6.92. The highest BCUT2D eigenvalue weighted by molar-refractivity contribution is 5.57. The number of anilines is 4. The van der Waals surface area contributed by atoms with E-state index in [1.165, 1.54) is 12.1 Å². The third kappa shape index (κ3) is 5.58. The van der Waals surface area contributed by atoms with Gasteiger partial charge in [-0.25, -0.2) is 9.37 Å². The summed E-state index contributed by atoms with van der Waals surface area (Å²) in [6.07, 6.45) is 4.79. The molecule has 3 N–H and O–H groups in total. The molecule has 0 aliphatic rings. The monoisotopic (exact) mass is 396 g/mol. The molecule has 2 aromatic heterocycles. The van der Waals surface area contributed by atoms with Crippen LogP contribution in [0.15, 0.2) is 48.9 Å². The molecule has 0 aliphatic carbocycles. The van der Waals surface area contributed by atoms with Gasteiger partial charge >= 0.3 is 0 Å². The van der Waals surface area contributed by atoms with Crippen LogP contribution in [0.3, 0.4) is 0 Å². The van der Waals surface area contributed by atoms with Crippen LogP contribution in [-0.4, -0.2) is 52.0 Å². The summed E-state index contributed by atoms with van der Waals surface area (Å²) in [5.41, 5.74) is 7.01. The molecule has 9 heteroatoms. The number of aromatic nitrogens is 4. The minimum Gasteiger partial charge on any atom is -0.383 e. The summed E-state index contributed by atoms with van der Waals surface area (Å²) >= 11 is 0. The molecule has 0 radical (unpaired) electrons.